The molecule has 0 radical (unpaired) electrons. The van der Waals surface area contributed by atoms with Gasteiger partial charge in [0.05, 0.1) is 10.6 Å². The summed E-state index contributed by atoms with van der Waals surface area (Å²) in [5, 5.41) is 0. The summed E-state index contributed by atoms with van der Waals surface area (Å²) in [5.41, 5.74) is 5.13. The first kappa shape index (κ1) is 16.6. The molecule has 1 aliphatic carbocycles. The van der Waals surface area contributed by atoms with Gasteiger partial charge in [0.25, 0.3) is 0 Å². The molecule has 0 N–H and O–H groups in total. The van der Waals surface area contributed by atoms with Crippen LogP contribution in [0.1, 0.15) is 22.3 Å². The summed E-state index contributed by atoms with van der Waals surface area (Å²) in [6.45, 7) is 0. The van der Waals surface area contributed by atoms with Gasteiger partial charge in [-0.25, -0.2) is 8.42 Å². The molecule has 0 spiro atoms. The topological polar surface area (TPSA) is 34.1 Å². The highest BCUT2D eigenvalue weighted by molar-refractivity contribution is 7.90. The molecule has 3 heteroatoms. The number of benzene rings is 3. The maximum Gasteiger partial charge on any atom is 0.182 e. The lowest BCUT2D eigenvalue weighted by atomic mass is 10.0. The lowest BCUT2D eigenvalue weighted by molar-refractivity contribution is 0.595. The lowest BCUT2D eigenvalue weighted by Crippen LogP contribution is -2.06. The second-order valence-corrected chi connectivity index (χ2v) is 8.28. The maximum absolute atomic E-state index is 12.7. The van der Waals surface area contributed by atoms with Gasteiger partial charge in [-0.1, -0.05) is 78.9 Å². The molecule has 128 valence electrons. The van der Waals surface area contributed by atoms with Crippen LogP contribution in [0.15, 0.2) is 89.8 Å². The van der Waals surface area contributed by atoms with Crippen LogP contribution in [0.4, 0.5) is 0 Å². The average molecular weight is 358 g/mol. The molecule has 1 aliphatic rings. The van der Waals surface area contributed by atoms with E-state index in [0.29, 0.717) is 4.90 Å². The third-order valence-electron chi connectivity index (χ3n) is 4.51. The van der Waals surface area contributed by atoms with Gasteiger partial charge in [-0.05, 0) is 46.0 Å². The second-order valence-electron chi connectivity index (χ2n) is 6.29. The molecule has 3 aromatic carbocycles. The van der Waals surface area contributed by atoms with Crippen LogP contribution < -0.4 is 0 Å². The van der Waals surface area contributed by atoms with E-state index in [9.17, 15) is 8.42 Å². The molecule has 0 saturated heterocycles. The van der Waals surface area contributed by atoms with Gasteiger partial charge < -0.3 is 0 Å². The molecule has 0 unspecified atom stereocenters. The first-order valence-electron chi connectivity index (χ1n) is 8.48. The molecule has 4 rings (SSSR count). The highest BCUT2D eigenvalue weighted by Crippen LogP contribution is 2.34. The first-order chi connectivity index (χ1) is 12.6. The summed E-state index contributed by atoms with van der Waals surface area (Å²) >= 11 is 0. The molecule has 3 aromatic rings. The Labute approximate surface area is 154 Å². The molecular weight excluding hydrogens is 340 g/mol. The molecular formula is C23H18O2S. The normalized spacial score (nSPS) is 14.5. The van der Waals surface area contributed by atoms with Crippen LogP contribution in [0.5, 0.6) is 0 Å². The van der Waals surface area contributed by atoms with E-state index in [2.05, 4.69) is 24.3 Å². The van der Waals surface area contributed by atoms with Gasteiger partial charge in [0.2, 0.25) is 0 Å². The van der Waals surface area contributed by atoms with Crippen molar-refractivity contribution in [2.75, 3.05) is 0 Å². The minimum Gasteiger partial charge on any atom is -0.223 e. The van der Waals surface area contributed by atoms with Crippen LogP contribution in [0.3, 0.4) is 0 Å². The van der Waals surface area contributed by atoms with Crippen molar-refractivity contribution in [1.29, 1.82) is 0 Å². The molecule has 0 saturated carbocycles. The number of hydrogen-bond acceptors (Lipinski definition) is 2. The van der Waals surface area contributed by atoms with E-state index < -0.39 is 9.84 Å². The Morgan fingerprint density at radius 3 is 2.15 bits per heavy atom. The quantitative estimate of drug-likeness (QED) is 0.640. The summed E-state index contributed by atoms with van der Waals surface area (Å²) in [5.74, 6) is 0.00312. The van der Waals surface area contributed by atoms with Crippen molar-refractivity contribution in [3.05, 3.63) is 107 Å². The number of sulfone groups is 1. The van der Waals surface area contributed by atoms with Gasteiger partial charge in [-0.2, -0.15) is 0 Å². The average Bonchev–Trinajstić information content (AvgIpc) is 3.07. The fourth-order valence-electron chi connectivity index (χ4n) is 3.22. The van der Waals surface area contributed by atoms with Crippen LogP contribution in [0.2, 0.25) is 0 Å². The van der Waals surface area contributed by atoms with Crippen LogP contribution >= 0.6 is 0 Å². The first-order valence-corrected chi connectivity index (χ1v) is 10.1. The van der Waals surface area contributed by atoms with E-state index >= 15 is 0 Å². The van der Waals surface area contributed by atoms with Gasteiger partial charge in [-0.15, -0.1) is 0 Å². The molecule has 2 nitrogen and oxygen atoms in total. The van der Waals surface area contributed by atoms with Crippen molar-refractivity contribution in [3.63, 3.8) is 0 Å². The van der Waals surface area contributed by atoms with Crippen LogP contribution in [-0.2, 0) is 15.6 Å². The number of rotatable bonds is 4. The summed E-state index contributed by atoms with van der Waals surface area (Å²) < 4.78 is 25.5. The summed E-state index contributed by atoms with van der Waals surface area (Å²) in [7, 11) is -3.36. The predicted octanol–water partition coefficient (Wildman–Crippen LogP) is 5.23. The van der Waals surface area contributed by atoms with Gasteiger partial charge in [-0.3, -0.25) is 0 Å². The van der Waals surface area contributed by atoms with Gasteiger partial charge in [0, 0.05) is 0 Å². The summed E-state index contributed by atoms with van der Waals surface area (Å²) in [6.07, 6.45) is 6.19. The Hall–Kier alpha value is -2.91. The van der Waals surface area contributed by atoms with Crippen molar-refractivity contribution in [2.45, 2.75) is 10.6 Å². The predicted molar refractivity (Wildman–Crippen MR) is 107 cm³/mol. The zero-order valence-electron chi connectivity index (χ0n) is 14.2. The summed E-state index contributed by atoms with van der Waals surface area (Å²) in [6, 6.07) is 24.6. The van der Waals surface area contributed by atoms with E-state index in [1.807, 2.05) is 48.5 Å². The lowest BCUT2D eigenvalue weighted by Gasteiger charge is -2.10. The van der Waals surface area contributed by atoms with E-state index in [4.69, 9.17) is 0 Å². The fourth-order valence-corrected chi connectivity index (χ4v) is 4.62. The zero-order valence-corrected chi connectivity index (χ0v) is 15.0. The van der Waals surface area contributed by atoms with E-state index in [-0.39, 0.29) is 5.75 Å². The Kier molecular flexibility index (Phi) is 4.31. The van der Waals surface area contributed by atoms with Crippen molar-refractivity contribution in [1.82, 2.24) is 0 Å². The Bertz CT molecular complexity index is 1090. The molecule has 26 heavy (non-hydrogen) atoms. The van der Waals surface area contributed by atoms with E-state index in [1.54, 1.807) is 24.3 Å². The molecule has 0 aromatic heterocycles. The molecule has 0 fully saturated rings. The van der Waals surface area contributed by atoms with Gasteiger partial charge in [0.15, 0.2) is 9.84 Å². The van der Waals surface area contributed by atoms with Crippen molar-refractivity contribution in [2.24, 2.45) is 0 Å². The van der Waals surface area contributed by atoms with E-state index in [0.717, 1.165) is 27.8 Å². The molecule has 0 amide bonds. The van der Waals surface area contributed by atoms with Crippen LogP contribution in [-0.4, -0.2) is 8.42 Å². The largest absolute Gasteiger partial charge is 0.223 e. The number of hydrogen-bond donors (Lipinski definition) is 0. The SMILES string of the molecule is O=S(=O)(Cc1cccc2c1C=C/C2=C\c1ccccc1)c1ccccc1. The highest BCUT2D eigenvalue weighted by atomic mass is 32.2. The van der Waals surface area contributed by atoms with Crippen molar-refractivity contribution < 1.29 is 8.42 Å². The third kappa shape index (κ3) is 3.26. The highest BCUT2D eigenvalue weighted by Gasteiger charge is 2.20. The van der Waals surface area contributed by atoms with Crippen molar-refractivity contribution in [3.8, 4) is 0 Å². The Morgan fingerprint density at radius 1 is 0.731 bits per heavy atom. The zero-order chi connectivity index (χ0) is 18.0. The number of allylic oxidation sites excluding steroid dienone is 2. The monoisotopic (exact) mass is 358 g/mol. The summed E-state index contributed by atoms with van der Waals surface area (Å²) in [4.78, 5) is 0.361. The fraction of sp³-hybridized carbons (Fsp3) is 0.0435. The number of fused-ring (bicyclic) bond motifs is 1. The molecule has 0 aliphatic heterocycles. The molecule has 0 heterocycles. The third-order valence-corrected chi connectivity index (χ3v) is 6.19. The van der Waals surface area contributed by atoms with Crippen LogP contribution in [0.25, 0.3) is 17.7 Å². The van der Waals surface area contributed by atoms with Crippen LogP contribution in [0, 0.1) is 0 Å². The van der Waals surface area contributed by atoms with E-state index in [1.165, 1.54) is 0 Å². The molecule has 0 atom stereocenters. The standard InChI is InChI=1S/C23H18O2S/c24-26(25,21-11-5-2-6-12-21)17-20-10-7-13-22-19(14-15-23(20)22)16-18-8-3-1-4-9-18/h1-16H,17H2/b19-16+. The Balaban J connectivity index is 1.70. The minimum absolute atomic E-state index is 0.00312. The molecule has 0 bridgehead atoms. The second kappa shape index (κ2) is 6.77. The maximum atomic E-state index is 12.7. The smallest absolute Gasteiger partial charge is 0.182 e. The van der Waals surface area contributed by atoms with Crippen molar-refractivity contribution >= 4 is 27.6 Å². The van der Waals surface area contributed by atoms with Gasteiger partial charge in [0.1, 0.15) is 0 Å². The van der Waals surface area contributed by atoms with Gasteiger partial charge >= 0.3 is 0 Å². The Morgan fingerprint density at radius 2 is 1.42 bits per heavy atom. The minimum atomic E-state index is -3.36.